The molecule has 4 aromatic rings. The summed E-state index contributed by atoms with van der Waals surface area (Å²) in [4.78, 5) is 69.7. The van der Waals surface area contributed by atoms with Crippen LogP contribution in [-0.4, -0.2) is 50.8 Å². The van der Waals surface area contributed by atoms with Gasteiger partial charge in [0.2, 0.25) is 17.7 Å². The summed E-state index contributed by atoms with van der Waals surface area (Å²) in [6.45, 7) is -0.188. The van der Waals surface area contributed by atoms with Gasteiger partial charge >= 0.3 is 5.69 Å². The number of benzene rings is 3. The Morgan fingerprint density at radius 2 is 1.57 bits per heavy atom. The van der Waals surface area contributed by atoms with Gasteiger partial charge in [0.15, 0.2) is 0 Å². The van der Waals surface area contributed by atoms with E-state index in [9.17, 15) is 24.0 Å². The summed E-state index contributed by atoms with van der Waals surface area (Å²) < 4.78 is 0.813. The molecule has 0 unspecified atom stereocenters. The molecule has 2 atom stereocenters. The van der Waals surface area contributed by atoms with E-state index in [-0.39, 0.29) is 17.7 Å². The summed E-state index contributed by atoms with van der Waals surface area (Å²) in [5.41, 5.74) is 0.498. The Balaban J connectivity index is 1.37. The Labute approximate surface area is 229 Å². The van der Waals surface area contributed by atoms with Gasteiger partial charge in [0, 0.05) is 18.7 Å². The summed E-state index contributed by atoms with van der Waals surface area (Å²) in [7, 11) is 0. The molecule has 1 aromatic heterocycles. The van der Waals surface area contributed by atoms with Gasteiger partial charge in [-0.2, -0.15) is 0 Å². The van der Waals surface area contributed by atoms with Crippen LogP contribution in [-0.2, 0) is 27.3 Å². The van der Waals surface area contributed by atoms with E-state index in [4.69, 9.17) is 0 Å². The summed E-state index contributed by atoms with van der Waals surface area (Å²) in [5, 5.41) is 5.86. The molecule has 3 N–H and O–H groups in total. The van der Waals surface area contributed by atoms with Gasteiger partial charge in [0.1, 0.15) is 18.6 Å². The maximum Gasteiger partial charge on any atom is 0.329 e. The van der Waals surface area contributed by atoms with Crippen molar-refractivity contribution in [2.45, 2.75) is 37.9 Å². The smallest absolute Gasteiger partial charge is 0.329 e. The molecule has 1 saturated heterocycles. The molecule has 1 aliphatic heterocycles. The molecule has 0 spiro atoms. The number of nitrogens with zero attached hydrogens (tertiary/aromatic N) is 2. The number of carbonyl (C=O) groups is 3. The Bertz CT molecular complexity index is 1650. The molecule has 3 amide bonds. The zero-order chi connectivity index (χ0) is 28.1. The molecule has 0 saturated carbocycles. The second-order valence-electron chi connectivity index (χ2n) is 9.72. The van der Waals surface area contributed by atoms with Gasteiger partial charge in [0.05, 0.1) is 10.9 Å². The summed E-state index contributed by atoms with van der Waals surface area (Å²) in [6, 6.07) is 23.1. The summed E-state index contributed by atoms with van der Waals surface area (Å²) in [5.74, 6) is -1.36. The molecule has 2 heterocycles. The van der Waals surface area contributed by atoms with Crippen molar-refractivity contribution in [1.29, 1.82) is 0 Å². The Morgan fingerprint density at radius 1 is 0.900 bits per heavy atom. The number of likely N-dealkylation sites (tertiary alicyclic amines) is 1. The van der Waals surface area contributed by atoms with Crippen molar-refractivity contribution < 1.29 is 14.4 Å². The first kappa shape index (κ1) is 26.6. The van der Waals surface area contributed by atoms with Gasteiger partial charge in [-0.3, -0.25) is 23.7 Å². The zero-order valence-corrected chi connectivity index (χ0v) is 21.7. The van der Waals surface area contributed by atoms with Crippen molar-refractivity contribution >= 4 is 34.3 Å². The number of aromatic amines is 1. The molecule has 1 fully saturated rings. The molecule has 10 heteroatoms. The van der Waals surface area contributed by atoms with Crippen molar-refractivity contribution in [3.8, 4) is 0 Å². The van der Waals surface area contributed by atoms with Gasteiger partial charge in [-0.15, -0.1) is 0 Å². The fraction of sp³-hybridized carbons (Fsp3) is 0.233. The molecule has 40 heavy (non-hydrogen) atoms. The molecule has 0 aliphatic carbocycles. The first-order valence-electron chi connectivity index (χ1n) is 13.1. The molecular weight excluding hydrogens is 510 g/mol. The van der Waals surface area contributed by atoms with E-state index in [2.05, 4.69) is 15.6 Å². The standard InChI is InChI=1S/C30H29N5O5/c36-26(19-35-28(38)22-14-7-8-15-23(22)33-30(35)40)32-24(18-20-10-3-1-4-11-20)29(39)34-17-9-16-25(34)27(37)31-21-12-5-2-6-13-21/h1-8,10-15,24-25H,9,16-19H2,(H,31,37)(H,32,36)(H,33,40)/t24-,25-/m0/s1. The second kappa shape index (κ2) is 11.8. The van der Waals surface area contributed by atoms with Crippen LogP contribution in [0.25, 0.3) is 10.9 Å². The number of para-hydroxylation sites is 2. The minimum absolute atomic E-state index is 0.178. The number of fused-ring (bicyclic) bond motifs is 1. The van der Waals surface area contributed by atoms with E-state index in [1.165, 1.54) is 4.90 Å². The largest absolute Gasteiger partial charge is 0.342 e. The quantitative estimate of drug-likeness (QED) is 0.315. The third kappa shape index (κ3) is 5.85. The van der Waals surface area contributed by atoms with Crippen LogP contribution < -0.4 is 21.9 Å². The minimum Gasteiger partial charge on any atom is -0.342 e. The first-order chi connectivity index (χ1) is 19.4. The molecule has 0 radical (unpaired) electrons. The normalized spacial score (nSPS) is 15.5. The SMILES string of the molecule is O=C(Cn1c(=O)[nH]c2ccccc2c1=O)N[C@@H](Cc1ccccc1)C(=O)N1CCC[C@H]1C(=O)Nc1ccccc1. The highest BCUT2D eigenvalue weighted by molar-refractivity contribution is 5.98. The van der Waals surface area contributed by atoms with Gasteiger partial charge in [-0.1, -0.05) is 60.7 Å². The number of hydrogen-bond acceptors (Lipinski definition) is 5. The van der Waals surface area contributed by atoms with Crippen LogP contribution in [0.1, 0.15) is 18.4 Å². The first-order valence-corrected chi connectivity index (χ1v) is 13.1. The average molecular weight is 540 g/mol. The number of nitrogens with one attached hydrogen (secondary N) is 3. The number of rotatable bonds is 8. The van der Waals surface area contributed by atoms with E-state index in [1.54, 1.807) is 36.4 Å². The van der Waals surface area contributed by atoms with Crippen LogP contribution >= 0.6 is 0 Å². The van der Waals surface area contributed by atoms with Gasteiger partial charge in [-0.25, -0.2) is 4.79 Å². The van der Waals surface area contributed by atoms with Gasteiger partial charge in [0.25, 0.3) is 5.56 Å². The van der Waals surface area contributed by atoms with E-state index < -0.39 is 41.7 Å². The van der Waals surface area contributed by atoms with Gasteiger partial charge < -0.3 is 20.5 Å². The zero-order valence-electron chi connectivity index (χ0n) is 21.7. The predicted octanol–water partition coefficient (Wildman–Crippen LogP) is 2.05. The molecule has 204 valence electrons. The van der Waals surface area contributed by atoms with Crippen LogP contribution in [0.4, 0.5) is 5.69 Å². The molecule has 3 aromatic carbocycles. The average Bonchev–Trinajstić information content (AvgIpc) is 3.46. The number of hydrogen-bond donors (Lipinski definition) is 3. The van der Waals surface area contributed by atoms with Crippen LogP contribution in [0, 0.1) is 0 Å². The van der Waals surface area contributed by atoms with E-state index in [1.807, 2.05) is 48.5 Å². The van der Waals surface area contributed by atoms with Crippen LogP contribution in [0.3, 0.4) is 0 Å². The molecular formula is C30H29N5O5. The maximum atomic E-state index is 13.8. The second-order valence-corrected chi connectivity index (χ2v) is 9.72. The van der Waals surface area contributed by atoms with Crippen molar-refractivity contribution in [2.75, 3.05) is 11.9 Å². The fourth-order valence-corrected chi connectivity index (χ4v) is 5.03. The number of carbonyl (C=O) groups excluding carboxylic acids is 3. The number of anilines is 1. The third-order valence-electron chi connectivity index (χ3n) is 6.99. The molecule has 0 bridgehead atoms. The van der Waals surface area contributed by atoms with E-state index in [0.717, 1.165) is 10.1 Å². The monoisotopic (exact) mass is 539 g/mol. The van der Waals surface area contributed by atoms with E-state index >= 15 is 0 Å². The maximum absolute atomic E-state index is 13.8. The third-order valence-corrected chi connectivity index (χ3v) is 6.99. The van der Waals surface area contributed by atoms with Crippen molar-refractivity contribution in [3.05, 3.63) is 111 Å². The van der Waals surface area contributed by atoms with Crippen LogP contribution in [0.5, 0.6) is 0 Å². The Kier molecular flexibility index (Phi) is 7.86. The lowest BCUT2D eigenvalue weighted by Gasteiger charge is -2.29. The van der Waals surface area contributed by atoms with E-state index in [0.29, 0.717) is 30.6 Å². The van der Waals surface area contributed by atoms with Crippen LogP contribution in [0.15, 0.2) is 94.5 Å². The number of aromatic nitrogens is 2. The lowest BCUT2D eigenvalue weighted by atomic mass is 10.0. The van der Waals surface area contributed by atoms with Crippen molar-refractivity contribution in [2.24, 2.45) is 0 Å². The molecule has 1 aliphatic rings. The molecule has 5 rings (SSSR count). The highest BCUT2D eigenvalue weighted by Gasteiger charge is 2.37. The molecule has 10 nitrogen and oxygen atoms in total. The number of H-pyrrole nitrogens is 1. The van der Waals surface area contributed by atoms with Crippen molar-refractivity contribution in [3.63, 3.8) is 0 Å². The van der Waals surface area contributed by atoms with Gasteiger partial charge in [-0.05, 0) is 42.7 Å². The predicted molar refractivity (Wildman–Crippen MR) is 151 cm³/mol. The fourth-order valence-electron chi connectivity index (χ4n) is 5.03. The van der Waals surface area contributed by atoms with Crippen molar-refractivity contribution in [1.82, 2.24) is 19.8 Å². The topological polar surface area (TPSA) is 133 Å². The Morgan fingerprint density at radius 3 is 2.33 bits per heavy atom. The minimum atomic E-state index is -1.00. The lowest BCUT2D eigenvalue weighted by Crippen LogP contribution is -2.54. The highest BCUT2D eigenvalue weighted by atomic mass is 16.2. The lowest BCUT2D eigenvalue weighted by molar-refractivity contribution is -0.140. The Hall–Kier alpha value is -4.99. The summed E-state index contributed by atoms with van der Waals surface area (Å²) in [6.07, 6.45) is 1.32. The summed E-state index contributed by atoms with van der Waals surface area (Å²) >= 11 is 0. The van der Waals surface area contributed by atoms with Crippen LogP contribution in [0.2, 0.25) is 0 Å². The number of amides is 3. The highest BCUT2D eigenvalue weighted by Crippen LogP contribution is 2.21.